The average molecular weight is 363 g/mol. The summed E-state index contributed by atoms with van der Waals surface area (Å²) in [5, 5.41) is 14.6. The number of rotatable bonds is 7. The number of nitriles is 1. The van der Waals surface area contributed by atoms with Crippen LogP contribution in [0.4, 0.5) is 4.79 Å². The summed E-state index contributed by atoms with van der Waals surface area (Å²) >= 11 is 0. The van der Waals surface area contributed by atoms with E-state index >= 15 is 0 Å². The number of carbonyl (C=O) groups excluding carboxylic acids is 2. The lowest BCUT2D eigenvalue weighted by Crippen LogP contribution is -2.51. The Balaban J connectivity index is 1.62. The molecule has 27 heavy (non-hydrogen) atoms. The maximum atomic E-state index is 12.6. The van der Waals surface area contributed by atoms with Crippen molar-refractivity contribution in [2.75, 3.05) is 0 Å². The third-order valence-electron chi connectivity index (χ3n) is 4.43. The zero-order valence-electron chi connectivity index (χ0n) is 14.9. The van der Waals surface area contributed by atoms with E-state index in [0.29, 0.717) is 19.3 Å². The predicted octanol–water partition coefficient (Wildman–Crippen LogP) is 2.70. The summed E-state index contributed by atoms with van der Waals surface area (Å²) in [5.74, 6) is -0.380. The number of alkyl carbamates (subject to hydrolysis) is 1. The van der Waals surface area contributed by atoms with Gasteiger partial charge in [-0.15, -0.1) is 0 Å². The molecule has 1 saturated carbocycles. The molecule has 0 aromatic heterocycles. The third-order valence-corrected chi connectivity index (χ3v) is 4.43. The molecule has 1 aliphatic rings. The van der Waals surface area contributed by atoms with Crippen LogP contribution in [0.2, 0.25) is 0 Å². The van der Waals surface area contributed by atoms with Crippen molar-refractivity contribution in [3.8, 4) is 6.07 Å². The summed E-state index contributed by atoms with van der Waals surface area (Å²) in [5.41, 5.74) is 0.975. The number of nitrogens with one attached hydrogen (secondary N) is 2. The second kappa shape index (κ2) is 8.37. The highest BCUT2D eigenvalue weighted by Crippen LogP contribution is 2.34. The van der Waals surface area contributed by atoms with Gasteiger partial charge in [0, 0.05) is 6.42 Å². The molecule has 0 saturated heterocycles. The first-order valence-electron chi connectivity index (χ1n) is 8.85. The van der Waals surface area contributed by atoms with Gasteiger partial charge in [0.25, 0.3) is 0 Å². The largest absolute Gasteiger partial charge is 0.445 e. The van der Waals surface area contributed by atoms with E-state index in [9.17, 15) is 14.9 Å². The topological polar surface area (TPSA) is 91.2 Å². The minimum atomic E-state index is -0.818. The van der Waals surface area contributed by atoms with Crippen LogP contribution in [-0.2, 0) is 22.6 Å². The molecule has 0 heterocycles. The van der Waals surface area contributed by atoms with Crippen molar-refractivity contribution in [2.24, 2.45) is 0 Å². The molecule has 2 aromatic carbocycles. The van der Waals surface area contributed by atoms with E-state index in [4.69, 9.17) is 4.74 Å². The molecule has 138 valence electrons. The highest BCUT2D eigenvalue weighted by Gasteiger charge is 2.45. The van der Waals surface area contributed by atoms with Crippen molar-refractivity contribution in [3.05, 3.63) is 71.8 Å². The predicted molar refractivity (Wildman–Crippen MR) is 99.4 cm³/mol. The zero-order valence-corrected chi connectivity index (χ0v) is 14.9. The van der Waals surface area contributed by atoms with Crippen molar-refractivity contribution in [1.82, 2.24) is 10.6 Å². The van der Waals surface area contributed by atoms with Gasteiger partial charge in [-0.2, -0.15) is 5.26 Å². The van der Waals surface area contributed by atoms with Crippen LogP contribution in [0.5, 0.6) is 0 Å². The van der Waals surface area contributed by atoms with E-state index in [1.165, 1.54) is 0 Å². The fourth-order valence-electron chi connectivity index (χ4n) is 2.68. The number of carbonyl (C=O) groups is 2. The van der Waals surface area contributed by atoms with Gasteiger partial charge in [-0.05, 0) is 24.0 Å². The number of hydrogen-bond acceptors (Lipinski definition) is 4. The highest BCUT2D eigenvalue weighted by atomic mass is 16.5. The van der Waals surface area contributed by atoms with Crippen LogP contribution < -0.4 is 10.6 Å². The standard InChI is InChI=1S/C21H21N3O3/c22-15-21(11-12-21)24-19(25)18(13-16-7-3-1-4-8-16)23-20(26)27-14-17-9-5-2-6-10-17/h1-10,18H,11-14H2,(H,23,26)(H,24,25)/t18-/m0/s1. The van der Waals surface area contributed by atoms with Gasteiger partial charge in [0.2, 0.25) is 5.91 Å². The quantitative estimate of drug-likeness (QED) is 0.791. The second-order valence-electron chi connectivity index (χ2n) is 6.63. The molecular weight excluding hydrogens is 342 g/mol. The Morgan fingerprint density at radius 1 is 1.04 bits per heavy atom. The molecule has 1 aliphatic carbocycles. The summed E-state index contributed by atoms with van der Waals surface area (Å²) in [6.07, 6.45) is 0.906. The van der Waals surface area contributed by atoms with E-state index in [0.717, 1.165) is 11.1 Å². The lowest BCUT2D eigenvalue weighted by Gasteiger charge is -2.20. The van der Waals surface area contributed by atoms with Gasteiger partial charge >= 0.3 is 6.09 Å². The van der Waals surface area contributed by atoms with Gasteiger partial charge in [-0.25, -0.2) is 4.79 Å². The molecule has 6 nitrogen and oxygen atoms in total. The van der Waals surface area contributed by atoms with Crippen LogP contribution in [0.3, 0.4) is 0 Å². The van der Waals surface area contributed by atoms with Crippen LogP contribution in [0.25, 0.3) is 0 Å². The van der Waals surface area contributed by atoms with Crippen molar-refractivity contribution >= 4 is 12.0 Å². The monoisotopic (exact) mass is 363 g/mol. The van der Waals surface area contributed by atoms with Gasteiger partial charge in [0.15, 0.2) is 0 Å². The fourth-order valence-corrected chi connectivity index (χ4v) is 2.68. The summed E-state index contributed by atoms with van der Waals surface area (Å²) in [6.45, 7) is 0.120. The van der Waals surface area contributed by atoms with Gasteiger partial charge in [-0.3, -0.25) is 4.79 Å². The van der Waals surface area contributed by atoms with E-state index in [1.807, 2.05) is 60.7 Å². The maximum absolute atomic E-state index is 12.6. The third kappa shape index (κ3) is 5.32. The van der Waals surface area contributed by atoms with E-state index in [2.05, 4.69) is 16.7 Å². The minimum Gasteiger partial charge on any atom is -0.445 e. The summed E-state index contributed by atoms with van der Waals surface area (Å²) in [7, 11) is 0. The molecule has 0 spiro atoms. The molecule has 0 radical (unpaired) electrons. The smallest absolute Gasteiger partial charge is 0.408 e. The fraction of sp³-hybridized carbons (Fsp3) is 0.286. The maximum Gasteiger partial charge on any atom is 0.408 e. The number of ether oxygens (including phenoxy) is 1. The van der Waals surface area contributed by atoms with Crippen molar-refractivity contribution in [2.45, 2.75) is 37.5 Å². The Hall–Kier alpha value is -3.33. The summed E-state index contributed by atoms with van der Waals surface area (Å²) in [4.78, 5) is 24.8. The molecular formula is C21H21N3O3. The lowest BCUT2D eigenvalue weighted by atomic mass is 10.0. The zero-order chi connectivity index (χ0) is 19.1. The van der Waals surface area contributed by atoms with Crippen LogP contribution in [0.1, 0.15) is 24.0 Å². The second-order valence-corrected chi connectivity index (χ2v) is 6.63. The Labute approximate surface area is 158 Å². The van der Waals surface area contributed by atoms with Crippen LogP contribution in [-0.4, -0.2) is 23.6 Å². The first-order chi connectivity index (χ1) is 13.1. The number of amides is 2. The van der Waals surface area contributed by atoms with Crippen LogP contribution >= 0.6 is 0 Å². The molecule has 2 N–H and O–H groups in total. The minimum absolute atomic E-state index is 0.120. The average Bonchev–Trinajstić information content (AvgIpc) is 3.47. The molecule has 0 bridgehead atoms. The van der Waals surface area contributed by atoms with Crippen molar-refractivity contribution in [1.29, 1.82) is 5.26 Å². The number of hydrogen-bond donors (Lipinski definition) is 2. The van der Waals surface area contributed by atoms with Crippen molar-refractivity contribution < 1.29 is 14.3 Å². The van der Waals surface area contributed by atoms with Gasteiger partial charge in [0.1, 0.15) is 18.2 Å². The molecule has 0 unspecified atom stereocenters. The number of nitrogens with zero attached hydrogens (tertiary/aromatic N) is 1. The number of benzene rings is 2. The van der Waals surface area contributed by atoms with Gasteiger partial charge in [0.05, 0.1) is 6.07 Å². The SMILES string of the molecule is N#CC1(NC(=O)[C@H](Cc2ccccc2)NC(=O)OCc2ccccc2)CC1. The highest BCUT2D eigenvalue weighted by molar-refractivity contribution is 5.87. The van der Waals surface area contributed by atoms with Crippen molar-refractivity contribution in [3.63, 3.8) is 0 Å². The van der Waals surface area contributed by atoms with Crippen LogP contribution in [0.15, 0.2) is 60.7 Å². The Kier molecular flexibility index (Phi) is 5.72. The normalized spacial score (nSPS) is 15.1. The molecule has 1 fully saturated rings. The molecule has 1 atom stereocenters. The summed E-state index contributed by atoms with van der Waals surface area (Å²) in [6, 6.07) is 20.0. The summed E-state index contributed by atoms with van der Waals surface area (Å²) < 4.78 is 5.22. The lowest BCUT2D eigenvalue weighted by molar-refractivity contribution is -0.123. The van der Waals surface area contributed by atoms with E-state index in [-0.39, 0.29) is 12.5 Å². The Morgan fingerprint density at radius 2 is 1.63 bits per heavy atom. The molecule has 0 aliphatic heterocycles. The Bertz CT molecular complexity index is 827. The van der Waals surface area contributed by atoms with Gasteiger partial charge in [-0.1, -0.05) is 60.7 Å². The molecule has 2 amide bonds. The first kappa shape index (κ1) is 18.5. The molecule has 3 rings (SSSR count). The molecule has 2 aromatic rings. The van der Waals surface area contributed by atoms with Gasteiger partial charge < -0.3 is 15.4 Å². The Morgan fingerprint density at radius 3 is 2.19 bits per heavy atom. The van der Waals surface area contributed by atoms with Crippen LogP contribution in [0, 0.1) is 11.3 Å². The molecule has 6 heteroatoms. The van der Waals surface area contributed by atoms with E-state index in [1.54, 1.807) is 0 Å². The van der Waals surface area contributed by atoms with E-state index < -0.39 is 17.7 Å². The first-order valence-corrected chi connectivity index (χ1v) is 8.85.